The van der Waals surface area contributed by atoms with Gasteiger partial charge in [0.1, 0.15) is 0 Å². The Morgan fingerprint density at radius 3 is 1.55 bits per heavy atom. The van der Waals surface area contributed by atoms with Gasteiger partial charge in [-0.15, -0.1) is 0 Å². The van der Waals surface area contributed by atoms with Crippen molar-refractivity contribution in [3.05, 3.63) is 129 Å². The molecule has 160 valence electrons. The Hall–Kier alpha value is -1.66. The van der Waals surface area contributed by atoms with Crippen LogP contribution in [0, 0.1) is 0 Å². The van der Waals surface area contributed by atoms with Crippen molar-refractivity contribution in [3.63, 3.8) is 0 Å². The largest absolute Gasteiger partial charge is 1.00 e. The van der Waals surface area contributed by atoms with E-state index in [4.69, 9.17) is 0 Å². The normalized spacial score (nSPS) is 23.3. The first-order valence-corrected chi connectivity index (χ1v) is 14.1. The summed E-state index contributed by atoms with van der Waals surface area (Å²) in [5.41, 5.74) is 16.4. The van der Waals surface area contributed by atoms with Crippen LogP contribution in [0.3, 0.4) is 0 Å². The first kappa shape index (κ1) is 21.8. The summed E-state index contributed by atoms with van der Waals surface area (Å²) in [5.74, 6) is 0.966. The molecule has 0 spiro atoms. The number of allylic oxidation sites excluding steroid dienone is 10. The molecule has 7 aliphatic rings. The molecule has 0 amide bonds. The van der Waals surface area contributed by atoms with Crippen molar-refractivity contribution in [2.24, 2.45) is 0 Å². The van der Waals surface area contributed by atoms with Crippen molar-refractivity contribution in [1.29, 1.82) is 0 Å². The standard InChI is InChI=1S/C30H22.2ClH.Zr/c1-3-7-23-21(5-1)17-29-25-13-9-20-12-16-28-24-8-4-2-6-22(24)18-30(28)26(20)14-10-19(25)11-15-27(23)29;;;/h1-8,11-12,15-16,23-24H,9-10,13-14H2;2*1H;/q;;;+2/p-2. The summed E-state index contributed by atoms with van der Waals surface area (Å²) in [6.07, 6.45) is 23.6. The van der Waals surface area contributed by atoms with Crippen LogP contribution in [0.15, 0.2) is 84.0 Å². The molecule has 9 rings (SSSR count). The summed E-state index contributed by atoms with van der Waals surface area (Å²) in [5, 5.41) is 0. The van der Waals surface area contributed by atoms with Crippen molar-refractivity contribution in [3.8, 4) is 0 Å². The van der Waals surface area contributed by atoms with Crippen molar-refractivity contribution in [1.82, 2.24) is 0 Å². The third-order valence-corrected chi connectivity index (χ3v) is 12.1. The second-order valence-corrected chi connectivity index (χ2v) is 12.6. The van der Waals surface area contributed by atoms with E-state index in [2.05, 4.69) is 72.9 Å². The quantitative estimate of drug-likeness (QED) is 0.455. The average Bonchev–Trinajstić information content (AvgIpc) is 3.29. The van der Waals surface area contributed by atoms with E-state index in [1.54, 1.807) is 62.2 Å². The minimum Gasteiger partial charge on any atom is -1.00 e. The molecule has 0 radical (unpaired) electrons. The maximum absolute atomic E-state index is 2.48. The van der Waals surface area contributed by atoms with Gasteiger partial charge >= 0.3 is 196 Å². The third-order valence-electron chi connectivity index (χ3n) is 8.22. The monoisotopic (exact) mass is 542 g/mol. The van der Waals surface area contributed by atoms with Crippen LogP contribution in [0.4, 0.5) is 0 Å². The topological polar surface area (TPSA) is 0 Å². The molecule has 0 aromatic heterocycles. The molecular weight excluding hydrogens is 522 g/mol. The molecule has 2 atom stereocenters. The molecule has 2 unspecified atom stereocenters. The van der Waals surface area contributed by atoms with E-state index in [-0.39, 0.29) is 24.8 Å². The fraction of sp³-hybridized carbons (Fsp3) is 0.200. The second kappa shape index (κ2) is 7.95. The Morgan fingerprint density at radius 1 is 0.576 bits per heavy atom. The number of fused-ring (bicyclic) bond motifs is 6. The van der Waals surface area contributed by atoms with Crippen LogP contribution in [-0.2, 0) is 48.9 Å². The van der Waals surface area contributed by atoms with E-state index in [1.807, 2.05) is 0 Å². The number of halogens is 2. The molecule has 2 heterocycles. The van der Waals surface area contributed by atoms with Crippen molar-refractivity contribution in [2.75, 3.05) is 0 Å². The molecule has 2 aliphatic heterocycles. The van der Waals surface area contributed by atoms with Crippen LogP contribution < -0.4 is 24.8 Å². The third kappa shape index (κ3) is 2.86. The van der Waals surface area contributed by atoms with Gasteiger partial charge in [0.25, 0.3) is 0 Å². The summed E-state index contributed by atoms with van der Waals surface area (Å²) in [6, 6.07) is 9.92. The van der Waals surface area contributed by atoms with Gasteiger partial charge in [-0.2, -0.15) is 0 Å². The zero-order valence-corrected chi connectivity index (χ0v) is 22.1. The van der Waals surface area contributed by atoms with Crippen molar-refractivity contribution >= 4 is 6.56 Å². The van der Waals surface area contributed by atoms with E-state index in [0.717, 1.165) is 0 Å². The minimum absolute atomic E-state index is 0. The van der Waals surface area contributed by atoms with Gasteiger partial charge < -0.3 is 24.8 Å². The SMILES string of the molecule is C1=CC2=[C]3[Zr+2][C]4=C5C=CC=CC5c5ccc6c(c54)CCc4ccc(c3c4CC6)C2C=C1.[Cl-].[Cl-]. The van der Waals surface area contributed by atoms with Crippen LogP contribution in [0.1, 0.15) is 56.3 Å². The summed E-state index contributed by atoms with van der Waals surface area (Å²) in [6.45, 7) is 0. The van der Waals surface area contributed by atoms with Gasteiger partial charge in [0.05, 0.1) is 0 Å². The zero-order valence-electron chi connectivity index (χ0n) is 18.2. The Balaban J connectivity index is 0.00000103. The smallest absolute Gasteiger partial charge is 1.00 e. The van der Waals surface area contributed by atoms with Crippen LogP contribution in [0.2, 0.25) is 0 Å². The van der Waals surface area contributed by atoms with E-state index in [0.29, 0.717) is 11.8 Å². The second-order valence-electron chi connectivity index (χ2n) is 9.56. The van der Waals surface area contributed by atoms with Crippen LogP contribution in [-0.4, -0.2) is 0 Å². The fourth-order valence-corrected chi connectivity index (χ4v) is 11.4. The molecule has 0 N–H and O–H groups in total. The Bertz CT molecular complexity index is 1310. The maximum Gasteiger partial charge on any atom is -1.00 e. The molecule has 33 heavy (non-hydrogen) atoms. The summed E-state index contributed by atoms with van der Waals surface area (Å²) in [7, 11) is 0. The van der Waals surface area contributed by atoms with Crippen LogP contribution >= 0.6 is 0 Å². The van der Waals surface area contributed by atoms with E-state index >= 15 is 0 Å². The summed E-state index contributed by atoms with van der Waals surface area (Å²) >= 11 is -0.977. The molecule has 0 saturated carbocycles. The Kier molecular flexibility index (Phi) is 5.26. The van der Waals surface area contributed by atoms with E-state index in [1.165, 1.54) is 25.7 Å². The summed E-state index contributed by atoms with van der Waals surface area (Å²) < 4.78 is 3.55. The van der Waals surface area contributed by atoms with Gasteiger partial charge in [0, 0.05) is 0 Å². The molecule has 6 bridgehead atoms. The van der Waals surface area contributed by atoms with Gasteiger partial charge in [-0.05, 0) is 0 Å². The number of aryl methyl sites for hydroxylation is 2. The van der Waals surface area contributed by atoms with Crippen LogP contribution in [0.5, 0.6) is 0 Å². The van der Waals surface area contributed by atoms with Crippen molar-refractivity contribution < 1.29 is 48.0 Å². The molecule has 0 saturated heterocycles. The Morgan fingerprint density at radius 2 is 1.06 bits per heavy atom. The number of hydrogen-bond acceptors (Lipinski definition) is 0. The minimum atomic E-state index is -0.977. The molecule has 2 aromatic rings. The molecule has 3 heteroatoms. The number of rotatable bonds is 0. The fourth-order valence-electron chi connectivity index (χ4n) is 6.87. The molecular formula is C30H22Cl2Zr. The molecule has 0 fully saturated rings. The molecule has 2 aromatic carbocycles. The number of hydrogen-bond donors (Lipinski definition) is 0. The van der Waals surface area contributed by atoms with Gasteiger partial charge in [-0.1, -0.05) is 0 Å². The van der Waals surface area contributed by atoms with E-state index < -0.39 is 23.2 Å². The first-order valence-electron chi connectivity index (χ1n) is 11.6. The van der Waals surface area contributed by atoms with Crippen LogP contribution in [0.25, 0.3) is 6.56 Å². The van der Waals surface area contributed by atoms with Gasteiger partial charge in [0.15, 0.2) is 0 Å². The Labute approximate surface area is 219 Å². The predicted octanol–water partition coefficient (Wildman–Crippen LogP) is 0.543. The maximum atomic E-state index is 2.48. The number of benzene rings is 2. The average molecular weight is 545 g/mol. The summed E-state index contributed by atoms with van der Waals surface area (Å²) in [4.78, 5) is 0. The van der Waals surface area contributed by atoms with E-state index in [9.17, 15) is 0 Å². The van der Waals surface area contributed by atoms with Gasteiger partial charge in [-0.3, -0.25) is 0 Å². The zero-order chi connectivity index (χ0) is 20.1. The predicted molar refractivity (Wildman–Crippen MR) is 124 cm³/mol. The molecule has 5 aliphatic carbocycles. The molecule has 0 nitrogen and oxygen atoms in total. The van der Waals surface area contributed by atoms with Crippen molar-refractivity contribution in [2.45, 2.75) is 37.5 Å². The van der Waals surface area contributed by atoms with Gasteiger partial charge in [0.2, 0.25) is 0 Å². The first-order chi connectivity index (χ1) is 15.4. The van der Waals surface area contributed by atoms with Gasteiger partial charge in [-0.25, -0.2) is 0 Å².